The second kappa shape index (κ2) is 12.2. The van der Waals surface area contributed by atoms with Crippen molar-refractivity contribution in [2.24, 2.45) is 0 Å². The summed E-state index contributed by atoms with van der Waals surface area (Å²) in [6.07, 6.45) is 12.5. The van der Waals surface area contributed by atoms with Crippen LogP contribution in [0.1, 0.15) is 34.4 Å². The van der Waals surface area contributed by atoms with E-state index >= 15 is 0 Å². The zero-order chi connectivity index (χ0) is 24.3. The monoisotopic (exact) mass is 449 g/mol. The fraction of sp³-hybridized carbons (Fsp3) is 0.129. The summed E-state index contributed by atoms with van der Waals surface area (Å²) in [5.41, 5.74) is 7.34. The highest BCUT2D eigenvalue weighted by Gasteiger charge is 2.06. The zero-order valence-electron chi connectivity index (χ0n) is 20.0. The average molecular weight is 450 g/mol. The molecule has 0 amide bonds. The summed E-state index contributed by atoms with van der Waals surface area (Å²) in [5, 5.41) is 0. The molecule has 0 aliphatic carbocycles. The number of methoxy groups -OCH3 is 1. The van der Waals surface area contributed by atoms with Crippen LogP contribution in [0.3, 0.4) is 0 Å². The molecule has 0 saturated heterocycles. The second-order valence-electron chi connectivity index (χ2n) is 8.00. The fourth-order valence-corrected chi connectivity index (χ4v) is 3.41. The van der Waals surface area contributed by atoms with E-state index in [-0.39, 0.29) is 0 Å². The van der Waals surface area contributed by atoms with Gasteiger partial charge in [0.25, 0.3) is 0 Å². The van der Waals surface area contributed by atoms with Gasteiger partial charge in [-0.2, -0.15) is 0 Å². The number of rotatable bonds is 11. The van der Waals surface area contributed by atoms with Crippen molar-refractivity contribution in [1.29, 1.82) is 0 Å². The first-order chi connectivity index (χ1) is 16.5. The van der Waals surface area contributed by atoms with Crippen molar-refractivity contribution in [3.8, 4) is 11.5 Å². The summed E-state index contributed by atoms with van der Waals surface area (Å²) in [7, 11) is 1.64. The average Bonchev–Trinajstić information content (AvgIpc) is 2.86. The van der Waals surface area contributed by atoms with Gasteiger partial charge in [0.15, 0.2) is 11.5 Å². The molecule has 3 nitrogen and oxygen atoms in total. The molecule has 0 bridgehead atoms. The van der Waals surface area contributed by atoms with Gasteiger partial charge in [-0.3, -0.25) is 4.98 Å². The van der Waals surface area contributed by atoms with E-state index in [2.05, 4.69) is 55.9 Å². The molecule has 3 rings (SSSR count). The van der Waals surface area contributed by atoms with Crippen LogP contribution in [0.5, 0.6) is 11.5 Å². The van der Waals surface area contributed by atoms with Crippen molar-refractivity contribution < 1.29 is 9.47 Å². The molecule has 0 N–H and O–H groups in total. The highest BCUT2D eigenvalue weighted by molar-refractivity contribution is 5.61. The summed E-state index contributed by atoms with van der Waals surface area (Å²) in [6.45, 7) is 14.6. The molecular formula is C31H31NO2. The highest BCUT2D eigenvalue weighted by atomic mass is 16.5. The first-order valence-electron chi connectivity index (χ1n) is 11.1. The van der Waals surface area contributed by atoms with E-state index in [0.29, 0.717) is 24.5 Å². The molecule has 2 aromatic carbocycles. The van der Waals surface area contributed by atoms with Crippen molar-refractivity contribution in [2.45, 2.75) is 20.0 Å². The quantitative estimate of drug-likeness (QED) is 0.279. The van der Waals surface area contributed by atoms with Crippen molar-refractivity contribution in [1.82, 2.24) is 4.98 Å². The van der Waals surface area contributed by atoms with Crippen molar-refractivity contribution in [3.63, 3.8) is 0 Å². The number of aromatic nitrogens is 1. The number of nitrogens with zero attached hydrogens (tertiary/aromatic N) is 1. The van der Waals surface area contributed by atoms with Crippen molar-refractivity contribution in [2.75, 3.05) is 7.11 Å². The van der Waals surface area contributed by atoms with Gasteiger partial charge in [-0.15, -0.1) is 0 Å². The van der Waals surface area contributed by atoms with Gasteiger partial charge in [-0.1, -0.05) is 91.6 Å². The molecular weight excluding hydrogens is 418 g/mol. The Morgan fingerprint density at radius 1 is 0.912 bits per heavy atom. The molecule has 3 aromatic rings. The van der Waals surface area contributed by atoms with E-state index in [1.54, 1.807) is 13.3 Å². The maximum atomic E-state index is 5.88. The molecule has 172 valence electrons. The first kappa shape index (κ1) is 24.5. The molecule has 0 aliphatic heterocycles. The number of allylic oxidation sites excluding steroid dienone is 4. The van der Waals surface area contributed by atoms with Gasteiger partial charge < -0.3 is 9.47 Å². The lowest BCUT2D eigenvalue weighted by molar-refractivity contribution is 0.280. The maximum absolute atomic E-state index is 5.88. The van der Waals surface area contributed by atoms with Crippen LogP contribution in [0, 0.1) is 6.92 Å². The first-order valence-corrected chi connectivity index (χ1v) is 11.1. The van der Waals surface area contributed by atoms with Crippen molar-refractivity contribution >= 4 is 18.2 Å². The molecule has 0 fully saturated rings. The van der Waals surface area contributed by atoms with E-state index < -0.39 is 0 Å². The largest absolute Gasteiger partial charge is 0.493 e. The Morgan fingerprint density at radius 3 is 2.24 bits per heavy atom. The number of benzene rings is 2. The Morgan fingerprint density at radius 2 is 1.62 bits per heavy atom. The van der Waals surface area contributed by atoms with Crippen LogP contribution in [0.4, 0.5) is 0 Å². The highest BCUT2D eigenvalue weighted by Crippen LogP contribution is 2.29. The Bertz CT molecular complexity index is 1220. The summed E-state index contributed by atoms with van der Waals surface area (Å²) in [5.74, 6) is 1.35. The predicted octanol–water partition coefficient (Wildman–Crippen LogP) is 7.85. The molecule has 3 heteroatoms. The smallest absolute Gasteiger partial charge is 0.161 e. The van der Waals surface area contributed by atoms with Gasteiger partial charge in [-0.25, -0.2) is 0 Å². The summed E-state index contributed by atoms with van der Waals surface area (Å²) in [6, 6.07) is 17.9. The molecule has 34 heavy (non-hydrogen) atoms. The summed E-state index contributed by atoms with van der Waals surface area (Å²) in [4.78, 5) is 4.28. The molecule has 0 spiro atoms. The lowest BCUT2D eigenvalue weighted by Gasteiger charge is -2.11. The number of hydrogen-bond donors (Lipinski definition) is 0. The summed E-state index contributed by atoms with van der Waals surface area (Å²) >= 11 is 0. The van der Waals surface area contributed by atoms with E-state index in [9.17, 15) is 0 Å². The van der Waals surface area contributed by atoms with Crippen LogP contribution in [0.15, 0.2) is 104 Å². The molecule has 0 saturated carbocycles. The Kier molecular flexibility index (Phi) is 8.81. The third kappa shape index (κ3) is 7.21. The number of aryl methyl sites for hydroxylation is 1. The zero-order valence-corrected chi connectivity index (χ0v) is 20.0. The Hall–Kier alpha value is -4.11. The standard InChI is InChI=1S/C31H31NO2/c1-6-28-16-14-26(20-25(28)4)12-10-23(2)19-24(3)11-13-27-15-17-30(31(21-27)33-5)34-22-29-9-7-8-18-32-29/h6-18,20-21H,1-3,19,22H2,4-5H3/b12-10+,13-11+. The molecule has 0 aliphatic rings. The van der Waals surface area contributed by atoms with Crippen LogP contribution in [0.25, 0.3) is 18.2 Å². The normalized spacial score (nSPS) is 11.0. The SMILES string of the molecule is C=Cc1ccc(/C=C/C(=C)CC(=C)/C=C/c2ccc(OCc3ccccn3)c(OC)c2)cc1C. The molecule has 0 atom stereocenters. The minimum Gasteiger partial charge on any atom is -0.493 e. The van der Waals surface area contributed by atoms with Crippen LogP contribution in [-0.4, -0.2) is 12.1 Å². The number of hydrogen-bond acceptors (Lipinski definition) is 3. The third-order valence-corrected chi connectivity index (χ3v) is 5.28. The van der Waals surface area contributed by atoms with Gasteiger partial charge in [0, 0.05) is 6.20 Å². The maximum Gasteiger partial charge on any atom is 0.161 e. The third-order valence-electron chi connectivity index (χ3n) is 5.28. The lowest BCUT2D eigenvalue weighted by Crippen LogP contribution is -1.99. The summed E-state index contributed by atoms with van der Waals surface area (Å²) < 4.78 is 11.4. The van der Waals surface area contributed by atoms with E-state index in [0.717, 1.165) is 33.5 Å². The van der Waals surface area contributed by atoms with Crippen LogP contribution in [0.2, 0.25) is 0 Å². The van der Waals surface area contributed by atoms with Crippen LogP contribution in [-0.2, 0) is 6.61 Å². The minimum atomic E-state index is 0.386. The van der Waals surface area contributed by atoms with Gasteiger partial charge >= 0.3 is 0 Å². The molecule has 0 radical (unpaired) electrons. The number of pyridine rings is 1. The molecule has 0 unspecified atom stereocenters. The van der Waals surface area contributed by atoms with Gasteiger partial charge in [0.2, 0.25) is 0 Å². The van der Waals surface area contributed by atoms with Gasteiger partial charge in [0.1, 0.15) is 6.61 Å². The lowest BCUT2D eigenvalue weighted by atomic mass is 10.0. The Labute approximate surface area is 203 Å². The second-order valence-corrected chi connectivity index (χ2v) is 8.00. The predicted molar refractivity (Wildman–Crippen MR) is 144 cm³/mol. The van der Waals surface area contributed by atoms with Gasteiger partial charge in [-0.05, 0) is 59.9 Å². The van der Waals surface area contributed by atoms with Crippen LogP contribution < -0.4 is 9.47 Å². The topological polar surface area (TPSA) is 31.4 Å². The Balaban J connectivity index is 1.56. The van der Waals surface area contributed by atoms with Gasteiger partial charge in [0.05, 0.1) is 12.8 Å². The van der Waals surface area contributed by atoms with Crippen molar-refractivity contribution in [3.05, 3.63) is 132 Å². The molecule has 1 aromatic heterocycles. The number of ether oxygens (including phenoxy) is 2. The van der Waals surface area contributed by atoms with E-state index in [1.165, 1.54) is 5.56 Å². The minimum absolute atomic E-state index is 0.386. The van der Waals surface area contributed by atoms with E-state index in [4.69, 9.17) is 9.47 Å². The fourth-order valence-electron chi connectivity index (χ4n) is 3.41. The van der Waals surface area contributed by atoms with Crippen LogP contribution >= 0.6 is 0 Å². The molecule has 1 heterocycles. The van der Waals surface area contributed by atoms with E-state index in [1.807, 2.05) is 60.7 Å².